The Bertz CT molecular complexity index is 263. The van der Waals surface area contributed by atoms with Gasteiger partial charge in [-0.05, 0) is 39.7 Å². The van der Waals surface area contributed by atoms with Crippen molar-refractivity contribution in [2.24, 2.45) is 5.92 Å². The van der Waals surface area contributed by atoms with Crippen LogP contribution in [0.2, 0.25) is 0 Å². The Morgan fingerprint density at radius 2 is 2.12 bits per heavy atom. The second-order valence-corrected chi connectivity index (χ2v) is 5.51. The molecule has 2 unspecified atom stereocenters. The van der Waals surface area contributed by atoms with Gasteiger partial charge in [-0.3, -0.25) is 0 Å². The summed E-state index contributed by atoms with van der Waals surface area (Å²) in [5.41, 5.74) is -0.495. The molecule has 5 nitrogen and oxygen atoms in total. The Hall–Kier alpha value is -0.810. The molecule has 0 radical (unpaired) electrons. The van der Waals surface area contributed by atoms with E-state index in [0.717, 1.165) is 19.6 Å². The lowest BCUT2D eigenvalue weighted by Crippen LogP contribution is -2.34. The van der Waals surface area contributed by atoms with Gasteiger partial charge in [0.25, 0.3) is 0 Å². The molecular formula is C11H20N2O3. The van der Waals surface area contributed by atoms with Gasteiger partial charge in [0.15, 0.2) is 0 Å². The zero-order chi connectivity index (χ0) is 11.8. The van der Waals surface area contributed by atoms with Gasteiger partial charge < -0.3 is 14.9 Å². The van der Waals surface area contributed by atoms with E-state index in [2.05, 4.69) is 5.32 Å². The quantitative estimate of drug-likeness (QED) is 0.682. The molecule has 0 spiro atoms. The van der Waals surface area contributed by atoms with Crippen LogP contribution in [-0.2, 0) is 9.57 Å². The number of rotatable bonds is 1. The minimum absolute atomic E-state index is 0.474. The summed E-state index contributed by atoms with van der Waals surface area (Å²) in [5.74, 6) is 0.613. The topological polar surface area (TPSA) is 50.8 Å². The van der Waals surface area contributed by atoms with Crippen LogP contribution in [0.3, 0.4) is 0 Å². The summed E-state index contributed by atoms with van der Waals surface area (Å²) in [6.07, 6.45) is 0.561. The molecule has 2 saturated heterocycles. The predicted octanol–water partition coefficient (Wildman–Crippen LogP) is 1.15. The van der Waals surface area contributed by atoms with Crippen molar-refractivity contribution in [1.29, 1.82) is 0 Å². The lowest BCUT2D eigenvalue weighted by molar-refractivity contribution is -0.132. The van der Waals surface area contributed by atoms with Crippen molar-refractivity contribution in [1.82, 2.24) is 10.4 Å². The van der Waals surface area contributed by atoms with Crippen LogP contribution < -0.4 is 5.32 Å². The van der Waals surface area contributed by atoms with Gasteiger partial charge in [-0.15, -0.1) is 5.06 Å². The fourth-order valence-electron chi connectivity index (χ4n) is 2.26. The number of hydrogen-bond donors (Lipinski definition) is 1. The van der Waals surface area contributed by atoms with E-state index in [1.54, 1.807) is 5.06 Å². The van der Waals surface area contributed by atoms with E-state index >= 15 is 0 Å². The van der Waals surface area contributed by atoms with E-state index in [-0.39, 0.29) is 0 Å². The van der Waals surface area contributed by atoms with Gasteiger partial charge >= 0.3 is 6.16 Å². The standard InChI is InChI=1S/C11H20N2O3/c1-11(2,3)15-10(14)16-13-6-8-4-5-12-9(8)7-13/h8-9,12H,4-7H2,1-3H3. The number of carbonyl (C=O) groups is 1. The molecule has 0 aromatic carbocycles. The Morgan fingerprint density at radius 1 is 1.38 bits per heavy atom. The minimum atomic E-state index is -0.604. The van der Waals surface area contributed by atoms with Crippen molar-refractivity contribution in [3.8, 4) is 0 Å². The van der Waals surface area contributed by atoms with E-state index in [9.17, 15) is 4.79 Å². The van der Waals surface area contributed by atoms with Gasteiger partial charge in [-0.2, -0.15) is 0 Å². The highest BCUT2D eigenvalue weighted by molar-refractivity contribution is 5.60. The maximum atomic E-state index is 11.4. The van der Waals surface area contributed by atoms with Gasteiger partial charge in [0.2, 0.25) is 0 Å². The maximum absolute atomic E-state index is 11.4. The summed E-state index contributed by atoms with van der Waals surface area (Å²) >= 11 is 0. The molecule has 2 aliphatic rings. The molecule has 2 aliphatic heterocycles. The molecule has 0 bridgehead atoms. The van der Waals surface area contributed by atoms with Crippen molar-refractivity contribution in [3.63, 3.8) is 0 Å². The lowest BCUT2D eigenvalue weighted by Gasteiger charge is -2.21. The number of hydrogen-bond acceptors (Lipinski definition) is 5. The summed E-state index contributed by atoms with van der Waals surface area (Å²) in [5, 5.41) is 5.10. The fraction of sp³-hybridized carbons (Fsp3) is 0.909. The number of ether oxygens (including phenoxy) is 1. The highest BCUT2D eigenvalue weighted by atomic mass is 16.8. The molecule has 0 amide bonds. The van der Waals surface area contributed by atoms with Crippen molar-refractivity contribution >= 4 is 6.16 Å². The van der Waals surface area contributed by atoms with Gasteiger partial charge in [0.1, 0.15) is 5.60 Å². The molecule has 1 N–H and O–H groups in total. The Kier molecular flexibility index (Phi) is 3.08. The van der Waals surface area contributed by atoms with E-state index in [1.807, 2.05) is 20.8 Å². The first-order chi connectivity index (χ1) is 7.44. The smallest absolute Gasteiger partial charge is 0.427 e. The van der Waals surface area contributed by atoms with Gasteiger partial charge in [-0.25, -0.2) is 4.79 Å². The molecule has 92 valence electrons. The largest absolute Gasteiger partial charge is 0.528 e. The number of carbonyl (C=O) groups excluding carboxylic acids is 1. The van der Waals surface area contributed by atoms with E-state index < -0.39 is 11.8 Å². The van der Waals surface area contributed by atoms with Crippen LogP contribution in [0, 0.1) is 5.92 Å². The molecule has 0 aromatic heterocycles. The Labute approximate surface area is 96.0 Å². The predicted molar refractivity (Wildman–Crippen MR) is 58.8 cm³/mol. The van der Waals surface area contributed by atoms with Gasteiger partial charge in [-0.1, -0.05) is 0 Å². The highest BCUT2D eigenvalue weighted by Crippen LogP contribution is 2.25. The number of nitrogens with one attached hydrogen (secondary N) is 1. The summed E-state index contributed by atoms with van der Waals surface area (Å²) in [6, 6.07) is 0.474. The second kappa shape index (κ2) is 4.22. The third kappa shape index (κ3) is 2.86. The van der Waals surface area contributed by atoms with Crippen molar-refractivity contribution in [2.75, 3.05) is 19.6 Å². The second-order valence-electron chi connectivity index (χ2n) is 5.51. The molecule has 2 heterocycles. The van der Waals surface area contributed by atoms with Crippen molar-refractivity contribution < 1.29 is 14.4 Å². The van der Waals surface area contributed by atoms with Gasteiger partial charge in [0, 0.05) is 12.6 Å². The van der Waals surface area contributed by atoms with Crippen LogP contribution in [0.15, 0.2) is 0 Å². The van der Waals surface area contributed by atoms with Crippen molar-refractivity contribution in [3.05, 3.63) is 0 Å². The van der Waals surface area contributed by atoms with E-state index in [4.69, 9.17) is 9.57 Å². The molecular weight excluding hydrogens is 208 g/mol. The third-order valence-corrected chi connectivity index (χ3v) is 2.92. The zero-order valence-electron chi connectivity index (χ0n) is 10.2. The normalized spacial score (nSPS) is 30.2. The molecule has 2 atom stereocenters. The fourth-order valence-corrected chi connectivity index (χ4v) is 2.26. The van der Waals surface area contributed by atoms with E-state index in [1.165, 1.54) is 6.42 Å². The molecule has 5 heteroatoms. The van der Waals surface area contributed by atoms with E-state index in [0.29, 0.717) is 12.0 Å². The number of nitrogens with zero attached hydrogens (tertiary/aromatic N) is 1. The summed E-state index contributed by atoms with van der Waals surface area (Å²) in [6.45, 7) is 8.15. The Morgan fingerprint density at radius 3 is 2.75 bits per heavy atom. The van der Waals surface area contributed by atoms with Gasteiger partial charge in [0.05, 0.1) is 6.54 Å². The first kappa shape index (κ1) is 11.7. The first-order valence-electron chi connectivity index (χ1n) is 5.83. The molecule has 0 aromatic rings. The van der Waals surface area contributed by atoms with Crippen LogP contribution >= 0.6 is 0 Å². The monoisotopic (exact) mass is 228 g/mol. The van der Waals surface area contributed by atoms with Crippen molar-refractivity contribution in [2.45, 2.75) is 38.8 Å². The zero-order valence-corrected chi connectivity index (χ0v) is 10.2. The third-order valence-electron chi connectivity index (χ3n) is 2.92. The van der Waals surface area contributed by atoms with Crippen LogP contribution in [0.4, 0.5) is 4.79 Å². The summed E-state index contributed by atoms with van der Waals surface area (Å²) in [4.78, 5) is 16.6. The average molecular weight is 228 g/mol. The van der Waals surface area contributed by atoms with Crippen LogP contribution in [0.5, 0.6) is 0 Å². The molecule has 0 aliphatic carbocycles. The number of hydroxylamine groups is 2. The summed E-state index contributed by atoms with van der Waals surface area (Å²) < 4.78 is 5.10. The molecule has 2 fully saturated rings. The highest BCUT2D eigenvalue weighted by Gasteiger charge is 2.38. The summed E-state index contributed by atoms with van der Waals surface area (Å²) in [7, 11) is 0. The van der Waals surface area contributed by atoms with Crippen LogP contribution in [0.25, 0.3) is 0 Å². The first-order valence-corrected chi connectivity index (χ1v) is 5.83. The minimum Gasteiger partial charge on any atom is -0.427 e. The Balaban J connectivity index is 1.77. The maximum Gasteiger partial charge on any atom is 0.528 e. The van der Waals surface area contributed by atoms with Crippen LogP contribution in [-0.4, -0.2) is 42.5 Å². The molecule has 2 rings (SSSR count). The molecule has 0 saturated carbocycles. The number of fused-ring (bicyclic) bond motifs is 1. The van der Waals surface area contributed by atoms with Crippen LogP contribution in [0.1, 0.15) is 27.2 Å². The lowest BCUT2D eigenvalue weighted by atomic mass is 10.1. The molecule has 16 heavy (non-hydrogen) atoms. The SMILES string of the molecule is CC(C)(C)OC(=O)ON1CC2CCNC2C1. The average Bonchev–Trinajstić information content (AvgIpc) is 2.58.